The predicted octanol–water partition coefficient (Wildman–Crippen LogP) is 1.93. The fourth-order valence-electron chi connectivity index (χ4n) is 2.88. The van der Waals surface area contributed by atoms with E-state index < -0.39 is 22.6 Å². The van der Waals surface area contributed by atoms with Crippen molar-refractivity contribution in [3.8, 4) is 5.75 Å². The monoisotopic (exact) mass is 398 g/mol. The molecule has 0 radical (unpaired) electrons. The maximum atomic E-state index is 12.4. The number of hydrogen-bond donors (Lipinski definition) is 2. The van der Waals surface area contributed by atoms with Gasteiger partial charge in [-0.1, -0.05) is 13.3 Å². The van der Waals surface area contributed by atoms with Crippen molar-refractivity contribution in [3.05, 3.63) is 24.3 Å². The highest BCUT2D eigenvalue weighted by atomic mass is 32.2. The molecule has 0 aromatic heterocycles. The first-order chi connectivity index (χ1) is 12.8. The Morgan fingerprint density at radius 1 is 1.22 bits per heavy atom. The van der Waals surface area contributed by atoms with Gasteiger partial charge in [-0.05, 0) is 43.5 Å². The van der Waals surface area contributed by atoms with E-state index in [1.165, 1.54) is 4.31 Å². The van der Waals surface area contributed by atoms with Gasteiger partial charge in [0.1, 0.15) is 5.75 Å². The zero-order valence-electron chi connectivity index (χ0n) is 15.4. The third-order valence-electron chi connectivity index (χ3n) is 4.46. The number of ether oxygens (including phenoxy) is 1. The van der Waals surface area contributed by atoms with Crippen LogP contribution in [0, 0.1) is 5.92 Å². The number of aliphatic carboxylic acids is 1. The van der Waals surface area contributed by atoms with Crippen molar-refractivity contribution < 1.29 is 27.9 Å². The Bertz CT molecular complexity index is 740. The average Bonchev–Trinajstić information content (AvgIpc) is 2.66. The molecule has 0 unspecified atom stereocenters. The molecule has 1 amide bonds. The number of sulfonamides is 1. The summed E-state index contributed by atoms with van der Waals surface area (Å²) in [5, 5.41) is 11.4. The number of carboxylic acid groups (broad SMARTS) is 1. The van der Waals surface area contributed by atoms with Crippen LogP contribution in [0.4, 0.5) is 5.69 Å². The minimum Gasteiger partial charge on any atom is -0.482 e. The van der Waals surface area contributed by atoms with Crippen LogP contribution in [0.2, 0.25) is 0 Å². The Hall–Kier alpha value is -2.13. The van der Waals surface area contributed by atoms with Crippen molar-refractivity contribution in [3.63, 3.8) is 0 Å². The fraction of sp³-hybridized carbons (Fsp3) is 0.556. The van der Waals surface area contributed by atoms with E-state index in [1.807, 2.05) is 6.92 Å². The van der Waals surface area contributed by atoms with Gasteiger partial charge in [0.25, 0.3) is 0 Å². The highest BCUT2D eigenvalue weighted by Gasteiger charge is 2.30. The third-order valence-corrected chi connectivity index (χ3v) is 6.41. The van der Waals surface area contributed by atoms with Crippen LogP contribution in [-0.2, 0) is 19.6 Å². The van der Waals surface area contributed by atoms with Crippen LogP contribution in [-0.4, -0.2) is 55.2 Å². The van der Waals surface area contributed by atoms with E-state index in [4.69, 9.17) is 9.84 Å². The van der Waals surface area contributed by atoms with E-state index in [2.05, 4.69) is 5.32 Å². The Balaban J connectivity index is 1.83. The number of carbonyl (C=O) groups is 2. The predicted molar refractivity (Wildman–Crippen MR) is 101 cm³/mol. The number of carbonyl (C=O) groups excluding carboxylic acids is 1. The summed E-state index contributed by atoms with van der Waals surface area (Å²) >= 11 is 0. The van der Waals surface area contributed by atoms with E-state index in [9.17, 15) is 18.0 Å². The molecule has 1 aliphatic heterocycles. The Morgan fingerprint density at radius 3 is 2.41 bits per heavy atom. The molecule has 0 saturated carbocycles. The van der Waals surface area contributed by atoms with Crippen molar-refractivity contribution in [1.82, 2.24) is 4.31 Å². The second-order valence-electron chi connectivity index (χ2n) is 6.54. The summed E-state index contributed by atoms with van der Waals surface area (Å²) < 4.78 is 31.0. The first kappa shape index (κ1) is 21.2. The Morgan fingerprint density at radius 2 is 1.85 bits per heavy atom. The molecule has 2 rings (SSSR count). The number of carboxylic acids is 1. The summed E-state index contributed by atoms with van der Waals surface area (Å²) in [6, 6.07) is 6.45. The van der Waals surface area contributed by atoms with Crippen LogP contribution in [0.5, 0.6) is 5.75 Å². The first-order valence-electron chi connectivity index (χ1n) is 9.05. The minimum atomic E-state index is -3.22. The van der Waals surface area contributed by atoms with Crippen LogP contribution in [0.3, 0.4) is 0 Å². The van der Waals surface area contributed by atoms with Crippen molar-refractivity contribution in [2.45, 2.75) is 32.6 Å². The molecule has 8 nitrogen and oxygen atoms in total. The smallest absolute Gasteiger partial charge is 0.341 e. The largest absolute Gasteiger partial charge is 0.482 e. The van der Waals surface area contributed by atoms with E-state index in [0.29, 0.717) is 43.8 Å². The van der Waals surface area contributed by atoms with Crippen molar-refractivity contribution in [1.29, 1.82) is 0 Å². The molecule has 9 heteroatoms. The number of amides is 1. The zero-order valence-corrected chi connectivity index (χ0v) is 16.2. The summed E-state index contributed by atoms with van der Waals surface area (Å²) in [4.78, 5) is 22.9. The standard InChI is InChI=1S/C18H26N2O6S/c1-2-3-12-27(24,25)20-10-8-14(9-11-20)18(23)19-15-4-6-16(7-5-15)26-13-17(21)22/h4-7,14H,2-3,8-13H2,1H3,(H,19,23)(H,21,22). The van der Waals surface area contributed by atoms with Gasteiger partial charge in [-0.15, -0.1) is 0 Å². The van der Waals surface area contributed by atoms with E-state index in [0.717, 1.165) is 6.42 Å². The van der Waals surface area contributed by atoms with E-state index in [1.54, 1.807) is 24.3 Å². The van der Waals surface area contributed by atoms with Crippen molar-refractivity contribution in [2.75, 3.05) is 30.8 Å². The summed E-state index contributed by atoms with van der Waals surface area (Å²) in [6.45, 7) is 2.26. The number of anilines is 1. The summed E-state index contributed by atoms with van der Waals surface area (Å²) in [6.07, 6.45) is 2.47. The second kappa shape index (κ2) is 9.70. The average molecular weight is 398 g/mol. The summed E-state index contributed by atoms with van der Waals surface area (Å²) in [5.41, 5.74) is 0.584. The molecule has 27 heavy (non-hydrogen) atoms. The maximum Gasteiger partial charge on any atom is 0.341 e. The lowest BCUT2D eigenvalue weighted by Crippen LogP contribution is -2.42. The summed E-state index contributed by atoms with van der Waals surface area (Å²) in [5.74, 6) is -0.863. The van der Waals surface area contributed by atoms with Gasteiger partial charge >= 0.3 is 5.97 Å². The lowest BCUT2D eigenvalue weighted by molar-refractivity contribution is -0.139. The summed E-state index contributed by atoms with van der Waals surface area (Å²) in [7, 11) is -3.22. The number of nitrogens with zero attached hydrogens (tertiary/aromatic N) is 1. The molecular weight excluding hydrogens is 372 g/mol. The van der Waals surface area contributed by atoms with Gasteiger partial charge in [-0.25, -0.2) is 17.5 Å². The quantitative estimate of drug-likeness (QED) is 0.657. The highest BCUT2D eigenvalue weighted by Crippen LogP contribution is 2.23. The SMILES string of the molecule is CCCCS(=O)(=O)N1CCC(C(=O)Nc2ccc(OCC(=O)O)cc2)CC1. The molecule has 1 aromatic carbocycles. The van der Waals surface area contributed by atoms with E-state index >= 15 is 0 Å². The van der Waals surface area contributed by atoms with Crippen LogP contribution in [0.1, 0.15) is 32.6 Å². The van der Waals surface area contributed by atoms with Gasteiger partial charge in [-0.2, -0.15) is 0 Å². The van der Waals surface area contributed by atoms with Crippen LogP contribution >= 0.6 is 0 Å². The van der Waals surface area contributed by atoms with Gasteiger partial charge in [0.05, 0.1) is 5.75 Å². The van der Waals surface area contributed by atoms with Crippen LogP contribution in [0.15, 0.2) is 24.3 Å². The number of nitrogens with one attached hydrogen (secondary N) is 1. The van der Waals surface area contributed by atoms with E-state index in [-0.39, 0.29) is 17.6 Å². The molecule has 1 heterocycles. The number of benzene rings is 1. The third kappa shape index (κ3) is 6.51. The molecule has 0 spiro atoms. The number of unbranched alkanes of at least 4 members (excludes halogenated alkanes) is 1. The molecule has 1 aromatic rings. The Labute approximate surface area is 159 Å². The fourth-order valence-corrected chi connectivity index (χ4v) is 4.55. The molecule has 150 valence electrons. The van der Waals surface area contributed by atoms with Crippen LogP contribution < -0.4 is 10.1 Å². The van der Waals surface area contributed by atoms with Gasteiger partial charge < -0.3 is 15.2 Å². The van der Waals surface area contributed by atoms with Crippen molar-refractivity contribution >= 4 is 27.6 Å². The first-order valence-corrected chi connectivity index (χ1v) is 10.7. The van der Waals surface area contributed by atoms with Gasteiger partial charge in [0, 0.05) is 24.7 Å². The van der Waals surface area contributed by atoms with Gasteiger partial charge in [0.2, 0.25) is 15.9 Å². The lowest BCUT2D eigenvalue weighted by atomic mass is 9.97. The minimum absolute atomic E-state index is 0.139. The highest BCUT2D eigenvalue weighted by molar-refractivity contribution is 7.89. The molecule has 0 atom stereocenters. The molecule has 0 bridgehead atoms. The molecule has 0 aliphatic carbocycles. The maximum absolute atomic E-state index is 12.4. The Kier molecular flexibility index (Phi) is 7.61. The molecule has 1 fully saturated rings. The second-order valence-corrected chi connectivity index (χ2v) is 8.63. The normalized spacial score (nSPS) is 16.0. The van der Waals surface area contributed by atoms with Gasteiger partial charge in [0.15, 0.2) is 6.61 Å². The van der Waals surface area contributed by atoms with Crippen molar-refractivity contribution in [2.24, 2.45) is 5.92 Å². The number of piperidine rings is 1. The number of rotatable bonds is 9. The molecule has 2 N–H and O–H groups in total. The molecular formula is C18H26N2O6S. The van der Waals surface area contributed by atoms with Gasteiger partial charge in [-0.3, -0.25) is 4.79 Å². The lowest BCUT2D eigenvalue weighted by Gasteiger charge is -2.30. The number of hydrogen-bond acceptors (Lipinski definition) is 5. The topological polar surface area (TPSA) is 113 Å². The zero-order chi connectivity index (χ0) is 19.9. The molecule has 1 saturated heterocycles. The molecule has 1 aliphatic rings. The van der Waals surface area contributed by atoms with Crippen LogP contribution in [0.25, 0.3) is 0 Å².